The van der Waals surface area contributed by atoms with Crippen LogP contribution in [0.1, 0.15) is 24.5 Å². The van der Waals surface area contributed by atoms with Gasteiger partial charge in [-0.25, -0.2) is 0 Å². The molecule has 0 aromatic heterocycles. The van der Waals surface area contributed by atoms with Crippen LogP contribution in [-0.4, -0.2) is 6.61 Å². The summed E-state index contributed by atoms with van der Waals surface area (Å²) in [5, 5.41) is 3.41. The summed E-state index contributed by atoms with van der Waals surface area (Å²) in [6.07, 6.45) is 1.03. The maximum absolute atomic E-state index is 5.57. The average molecular weight is 334 g/mol. The Morgan fingerprint density at radius 3 is 2.50 bits per heavy atom. The highest BCUT2D eigenvalue weighted by Gasteiger charge is 1.99. The van der Waals surface area contributed by atoms with Gasteiger partial charge in [0, 0.05) is 16.7 Å². The Labute approximate surface area is 129 Å². The van der Waals surface area contributed by atoms with Crippen LogP contribution in [0.2, 0.25) is 0 Å². The van der Waals surface area contributed by atoms with Crippen molar-refractivity contribution in [1.29, 1.82) is 0 Å². The van der Waals surface area contributed by atoms with E-state index in [2.05, 4.69) is 53.3 Å². The summed E-state index contributed by atoms with van der Waals surface area (Å²) in [7, 11) is 0. The van der Waals surface area contributed by atoms with Crippen LogP contribution < -0.4 is 10.1 Å². The maximum atomic E-state index is 5.57. The molecular weight excluding hydrogens is 314 g/mol. The van der Waals surface area contributed by atoms with Crippen molar-refractivity contribution in [2.24, 2.45) is 0 Å². The first-order valence-electron chi connectivity index (χ1n) is 6.91. The lowest BCUT2D eigenvalue weighted by atomic mass is 10.1. The molecule has 0 atom stereocenters. The van der Waals surface area contributed by atoms with E-state index in [-0.39, 0.29) is 0 Å². The zero-order valence-electron chi connectivity index (χ0n) is 11.9. The molecule has 0 spiro atoms. The van der Waals surface area contributed by atoms with E-state index in [9.17, 15) is 0 Å². The number of rotatable bonds is 6. The van der Waals surface area contributed by atoms with Crippen LogP contribution in [0.25, 0.3) is 0 Å². The van der Waals surface area contributed by atoms with E-state index >= 15 is 0 Å². The number of hydrogen-bond acceptors (Lipinski definition) is 2. The van der Waals surface area contributed by atoms with Crippen LogP contribution in [0.5, 0.6) is 5.75 Å². The molecule has 0 amide bonds. The van der Waals surface area contributed by atoms with E-state index in [4.69, 9.17) is 4.74 Å². The van der Waals surface area contributed by atoms with Crippen LogP contribution in [0.3, 0.4) is 0 Å². The lowest BCUT2D eigenvalue weighted by Crippen LogP contribution is -2.00. The second-order valence-electron chi connectivity index (χ2n) is 4.81. The van der Waals surface area contributed by atoms with Gasteiger partial charge in [-0.3, -0.25) is 0 Å². The van der Waals surface area contributed by atoms with Gasteiger partial charge in [-0.05, 0) is 54.8 Å². The second kappa shape index (κ2) is 7.34. The van der Waals surface area contributed by atoms with E-state index in [1.165, 1.54) is 11.1 Å². The normalized spacial score (nSPS) is 10.3. The fourth-order valence-corrected chi connectivity index (χ4v) is 2.27. The minimum atomic E-state index is 0.768. The topological polar surface area (TPSA) is 21.3 Å². The Hall–Kier alpha value is -1.48. The Morgan fingerprint density at radius 1 is 1.10 bits per heavy atom. The molecule has 3 heteroatoms. The lowest BCUT2D eigenvalue weighted by Gasteiger charge is -2.09. The summed E-state index contributed by atoms with van der Waals surface area (Å²) >= 11 is 3.56. The molecule has 0 fully saturated rings. The summed E-state index contributed by atoms with van der Waals surface area (Å²) in [4.78, 5) is 0. The predicted molar refractivity (Wildman–Crippen MR) is 88.4 cm³/mol. The molecule has 0 saturated heterocycles. The van der Waals surface area contributed by atoms with Gasteiger partial charge in [0.05, 0.1) is 6.61 Å². The Balaban J connectivity index is 1.91. The molecule has 2 aromatic carbocycles. The molecule has 0 heterocycles. The third-order valence-corrected chi connectivity index (χ3v) is 3.91. The molecule has 0 radical (unpaired) electrons. The Kier molecular flexibility index (Phi) is 5.48. The van der Waals surface area contributed by atoms with Gasteiger partial charge in [0.2, 0.25) is 0 Å². The van der Waals surface area contributed by atoms with Crippen molar-refractivity contribution in [2.45, 2.75) is 26.8 Å². The third-order valence-electron chi connectivity index (χ3n) is 3.06. The second-order valence-corrected chi connectivity index (χ2v) is 5.66. The first-order valence-corrected chi connectivity index (χ1v) is 7.70. The third kappa shape index (κ3) is 4.27. The number of halogens is 1. The van der Waals surface area contributed by atoms with Crippen molar-refractivity contribution in [3.05, 3.63) is 58.1 Å². The molecule has 0 saturated carbocycles. The standard InChI is InChI=1S/C17H20BrNO/c1-3-10-20-16-8-6-15(7-9-16)19-12-14-5-4-13(2)17(18)11-14/h4-9,11,19H,3,10,12H2,1-2H3. The summed E-state index contributed by atoms with van der Waals surface area (Å²) < 4.78 is 6.72. The summed E-state index contributed by atoms with van der Waals surface area (Å²) in [5.74, 6) is 0.926. The van der Waals surface area contributed by atoms with Gasteiger partial charge >= 0.3 is 0 Å². The van der Waals surface area contributed by atoms with Gasteiger partial charge in [0.1, 0.15) is 5.75 Å². The highest BCUT2D eigenvalue weighted by atomic mass is 79.9. The van der Waals surface area contributed by atoms with Crippen molar-refractivity contribution in [2.75, 3.05) is 11.9 Å². The highest BCUT2D eigenvalue weighted by molar-refractivity contribution is 9.10. The average Bonchev–Trinajstić information content (AvgIpc) is 2.47. The largest absolute Gasteiger partial charge is 0.494 e. The van der Waals surface area contributed by atoms with Crippen molar-refractivity contribution in [1.82, 2.24) is 0 Å². The van der Waals surface area contributed by atoms with Crippen LogP contribution in [0.4, 0.5) is 5.69 Å². The fourth-order valence-electron chi connectivity index (χ4n) is 1.84. The SMILES string of the molecule is CCCOc1ccc(NCc2ccc(C)c(Br)c2)cc1. The van der Waals surface area contributed by atoms with E-state index < -0.39 is 0 Å². The van der Waals surface area contributed by atoms with E-state index in [0.29, 0.717) is 0 Å². The minimum absolute atomic E-state index is 0.768. The van der Waals surface area contributed by atoms with Crippen molar-refractivity contribution < 1.29 is 4.74 Å². The fraction of sp³-hybridized carbons (Fsp3) is 0.294. The van der Waals surface area contributed by atoms with Crippen LogP contribution in [0, 0.1) is 6.92 Å². The summed E-state index contributed by atoms with van der Waals surface area (Å²) in [6, 6.07) is 14.5. The first-order chi connectivity index (χ1) is 9.69. The molecular formula is C17H20BrNO. The quantitative estimate of drug-likeness (QED) is 0.788. The van der Waals surface area contributed by atoms with Crippen molar-refractivity contribution in [3.8, 4) is 5.75 Å². The number of hydrogen-bond donors (Lipinski definition) is 1. The molecule has 0 bridgehead atoms. The van der Waals surface area contributed by atoms with E-state index in [1.54, 1.807) is 0 Å². The Bertz CT molecular complexity index is 551. The molecule has 106 valence electrons. The summed E-state index contributed by atoms with van der Waals surface area (Å²) in [5.41, 5.74) is 3.62. The lowest BCUT2D eigenvalue weighted by molar-refractivity contribution is 0.317. The van der Waals surface area contributed by atoms with Crippen LogP contribution in [0.15, 0.2) is 46.9 Å². The minimum Gasteiger partial charge on any atom is -0.494 e. The number of ether oxygens (including phenoxy) is 1. The molecule has 2 rings (SSSR count). The zero-order valence-corrected chi connectivity index (χ0v) is 13.5. The predicted octanol–water partition coefficient (Wildman–Crippen LogP) is 5.16. The molecule has 2 aromatic rings. The Morgan fingerprint density at radius 2 is 1.85 bits per heavy atom. The van der Waals surface area contributed by atoms with Crippen LogP contribution >= 0.6 is 15.9 Å². The first kappa shape index (κ1) is 14.9. The van der Waals surface area contributed by atoms with Crippen molar-refractivity contribution in [3.63, 3.8) is 0 Å². The number of nitrogens with one attached hydrogen (secondary N) is 1. The molecule has 1 N–H and O–H groups in total. The molecule has 0 aliphatic heterocycles. The number of anilines is 1. The van der Waals surface area contributed by atoms with Crippen molar-refractivity contribution >= 4 is 21.6 Å². The number of aryl methyl sites for hydroxylation is 1. The van der Waals surface area contributed by atoms with Gasteiger partial charge in [0.25, 0.3) is 0 Å². The maximum Gasteiger partial charge on any atom is 0.119 e. The molecule has 0 aliphatic carbocycles. The molecule has 2 nitrogen and oxygen atoms in total. The monoisotopic (exact) mass is 333 g/mol. The van der Waals surface area contributed by atoms with E-state index in [1.807, 2.05) is 24.3 Å². The molecule has 20 heavy (non-hydrogen) atoms. The molecule has 0 unspecified atom stereocenters. The van der Waals surface area contributed by atoms with E-state index in [0.717, 1.165) is 35.5 Å². The van der Waals surface area contributed by atoms with Gasteiger partial charge in [0.15, 0.2) is 0 Å². The smallest absolute Gasteiger partial charge is 0.119 e. The van der Waals surface area contributed by atoms with Gasteiger partial charge < -0.3 is 10.1 Å². The zero-order chi connectivity index (χ0) is 14.4. The number of benzene rings is 2. The highest BCUT2D eigenvalue weighted by Crippen LogP contribution is 2.20. The molecule has 0 aliphatic rings. The van der Waals surface area contributed by atoms with Gasteiger partial charge in [-0.15, -0.1) is 0 Å². The summed E-state index contributed by atoms with van der Waals surface area (Å²) in [6.45, 7) is 5.78. The van der Waals surface area contributed by atoms with Gasteiger partial charge in [-0.1, -0.05) is 35.0 Å². The van der Waals surface area contributed by atoms with Crippen LogP contribution in [-0.2, 0) is 6.54 Å². The van der Waals surface area contributed by atoms with Gasteiger partial charge in [-0.2, -0.15) is 0 Å².